The molecule has 0 radical (unpaired) electrons. The SMILES string of the molecule is CCCCNC(=NC)NCC1(CCO)CCOC1. The number of nitrogens with zero attached hydrogens (tertiary/aromatic N) is 1. The van der Waals surface area contributed by atoms with Crippen LogP contribution < -0.4 is 10.6 Å². The summed E-state index contributed by atoms with van der Waals surface area (Å²) in [6.07, 6.45) is 4.11. The summed E-state index contributed by atoms with van der Waals surface area (Å²) >= 11 is 0. The van der Waals surface area contributed by atoms with Gasteiger partial charge in [-0.2, -0.15) is 0 Å². The molecule has 1 atom stereocenters. The van der Waals surface area contributed by atoms with Crippen molar-refractivity contribution >= 4 is 5.96 Å². The van der Waals surface area contributed by atoms with Crippen molar-refractivity contribution < 1.29 is 9.84 Å². The molecule has 0 aliphatic carbocycles. The number of ether oxygens (including phenoxy) is 1. The minimum absolute atomic E-state index is 0.0666. The monoisotopic (exact) mass is 257 g/mol. The number of nitrogens with one attached hydrogen (secondary N) is 2. The summed E-state index contributed by atoms with van der Waals surface area (Å²) in [5, 5.41) is 15.8. The lowest BCUT2D eigenvalue weighted by Gasteiger charge is -2.27. The van der Waals surface area contributed by atoms with Crippen LogP contribution in [0.4, 0.5) is 0 Å². The predicted molar refractivity (Wildman–Crippen MR) is 73.8 cm³/mol. The van der Waals surface area contributed by atoms with Gasteiger partial charge < -0.3 is 20.5 Å². The number of aliphatic imine (C=N–C) groups is 1. The van der Waals surface area contributed by atoms with Gasteiger partial charge in [0.05, 0.1) is 6.61 Å². The third-order valence-corrected chi connectivity index (χ3v) is 3.50. The molecular formula is C13H27N3O2. The Hall–Kier alpha value is -0.810. The molecule has 0 saturated carbocycles. The van der Waals surface area contributed by atoms with Gasteiger partial charge in [-0.1, -0.05) is 13.3 Å². The predicted octanol–water partition coefficient (Wildman–Crippen LogP) is 0.741. The molecule has 0 amide bonds. The van der Waals surface area contributed by atoms with E-state index in [4.69, 9.17) is 9.84 Å². The van der Waals surface area contributed by atoms with Crippen LogP contribution >= 0.6 is 0 Å². The summed E-state index contributed by atoms with van der Waals surface area (Å²) in [5.74, 6) is 0.840. The first-order valence-electron chi connectivity index (χ1n) is 6.89. The van der Waals surface area contributed by atoms with Crippen molar-refractivity contribution in [1.82, 2.24) is 10.6 Å². The van der Waals surface area contributed by atoms with Crippen molar-refractivity contribution in [3.63, 3.8) is 0 Å². The van der Waals surface area contributed by atoms with Crippen LogP contribution in [0.2, 0.25) is 0 Å². The highest BCUT2D eigenvalue weighted by molar-refractivity contribution is 5.79. The van der Waals surface area contributed by atoms with Crippen molar-refractivity contribution in [3.8, 4) is 0 Å². The Morgan fingerprint density at radius 1 is 1.44 bits per heavy atom. The van der Waals surface area contributed by atoms with Crippen LogP contribution in [0.1, 0.15) is 32.6 Å². The molecule has 1 heterocycles. The molecule has 0 aromatic rings. The van der Waals surface area contributed by atoms with E-state index >= 15 is 0 Å². The summed E-state index contributed by atoms with van der Waals surface area (Å²) in [5.41, 5.74) is 0.0666. The molecule has 106 valence electrons. The van der Waals surface area contributed by atoms with Crippen molar-refractivity contribution in [3.05, 3.63) is 0 Å². The zero-order valence-electron chi connectivity index (χ0n) is 11.7. The Morgan fingerprint density at radius 3 is 2.83 bits per heavy atom. The number of unbranched alkanes of at least 4 members (excludes halogenated alkanes) is 1. The molecule has 0 aromatic carbocycles. The molecule has 0 spiro atoms. The van der Waals surface area contributed by atoms with Gasteiger partial charge >= 0.3 is 0 Å². The van der Waals surface area contributed by atoms with Crippen LogP contribution in [-0.4, -0.2) is 51.0 Å². The molecule has 3 N–H and O–H groups in total. The summed E-state index contributed by atoms with van der Waals surface area (Å²) in [6, 6.07) is 0. The van der Waals surface area contributed by atoms with E-state index in [9.17, 15) is 0 Å². The first kappa shape index (κ1) is 15.2. The number of hydrogen-bond donors (Lipinski definition) is 3. The molecule has 1 fully saturated rings. The zero-order chi connectivity index (χ0) is 13.3. The lowest BCUT2D eigenvalue weighted by Crippen LogP contribution is -2.44. The van der Waals surface area contributed by atoms with Gasteiger partial charge in [-0.05, 0) is 19.3 Å². The van der Waals surface area contributed by atoms with E-state index in [1.54, 1.807) is 7.05 Å². The smallest absolute Gasteiger partial charge is 0.190 e. The van der Waals surface area contributed by atoms with Crippen LogP contribution in [0, 0.1) is 5.41 Å². The van der Waals surface area contributed by atoms with E-state index in [0.717, 1.165) is 51.5 Å². The van der Waals surface area contributed by atoms with Gasteiger partial charge in [0.15, 0.2) is 5.96 Å². The third kappa shape index (κ3) is 4.82. The summed E-state index contributed by atoms with van der Waals surface area (Å²) < 4.78 is 5.47. The van der Waals surface area contributed by atoms with Gasteiger partial charge in [-0.15, -0.1) is 0 Å². The quantitative estimate of drug-likeness (QED) is 0.357. The molecule has 1 aliphatic rings. The minimum atomic E-state index is 0.0666. The van der Waals surface area contributed by atoms with Gasteiger partial charge in [0.1, 0.15) is 0 Å². The van der Waals surface area contributed by atoms with Crippen molar-refractivity contribution in [2.24, 2.45) is 10.4 Å². The minimum Gasteiger partial charge on any atom is -0.396 e. The average molecular weight is 257 g/mol. The highest BCUT2D eigenvalue weighted by Gasteiger charge is 2.34. The zero-order valence-corrected chi connectivity index (χ0v) is 11.7. The molecule has 5 heteroatoms. The maximum Gasteiger partial charge on any atom is 0.190 e. The maximum atomic E-state index is 9.16. The highest BCUT2D eigenvalue weighted by Crippen LogP contribution is 2.31. The fourth-order valence-electron chi connectivity index (χ4n) is 2.19. The maximum absolute atomic E-state index is 9.16. The van der Waals surface area contributed by atoms with Crippen LogP contribution in [0.25, 0.3) is 0 Å². The van der Waals surface area contributed by atoms with E-state index in [-0.39, 0.29) is 12.0 Å². The topological polar surface area (TPSA) is 65.9 Å². The number of aliphatic hydroxyl groups is 1. The summed E-state index contributed by atoms with van der Waals surface area (Å²) in [7, 11) is 1.78. The summed E-state index contributed by atoms with van der Waals surface area (Å²) in [4.78, 5) is 4.20. The Morgan fingerprint density at radius 2 is 2.28 bits per heavy atom. The second kappa shape index (κ2) is 8.32. The molecule has 5 nitrogen and oxygen atoms in total. The second-order valence-corrected chi connectivity index (χ2v) is 4.98. The van der Waals surface area contributed by atoms with Gasteiger partial charge in [-0.3, -0.25) is 4.99 Å². The van der Waals surface area contributed by atoms with Gasteiger partial charge in [0.25, 0.3) is 0 Å². The normalized spacial score (nSPS) is 24.3. The fourth-order valence-corrected chi connectivity index (χ4v) is 2.19. The van der Waals surface area contributed by atoms with Crippen LogP contribution in [0.15, 0.2) is 4.99 Å². The largest absolute Gasteiger partial charge is 0.396 e. The average Bonchev–Trinajstić information content (AvgIpc) is 2.83. The second-order valence-electron chi connectivity index (χ2n) is 4.98. The summed E-state index contributed by atoms with van der Waals surface area (Å²) in [6.45, 7) is 5.66. The molecule has 18 heavy (non-hydrogen) atoms. The van der Waals surface area contributed by atoms with Crippen molar-refractivity contribution in [2.75, 3.05) is 40.0 Å². The van der Waals surface area contributed by atoms with Crippen molar-refractivity contribution in [1.29, 1.82) is 0 Å². The Balaban J connectivity index is 2.35. The molecule has 1 unspecified atom stereocenters. The number of rotatable bonds is 7. The fraction of sp³-hybridized carbons (Fsp3) is 0.923. The molecule has 1 aliphatic heterocycles. The molecule has 0 bridgehead atoms. The molecule has 0 aromatic heterocycles. The van der Waals surface area contributed by atoms with Gasteiger partial charge in [0, 0.05) is 38.8 Å². The van der Waals surface area contributed by atoms with Gasteiger partial charge in [0.2, 0.25) is 0 Å². The molecular weight excluding hydrogens is 230 g/mol. The third-order valence-electron chi connectivity index (χ3n) is 3.50. The van der Waals surface area contributed by atoms with Crippen LogP contribution in [0.3, 0.4) is 0 Å². The lowest BCUT2D eigenvalue weighted by molar-refractivity contribution is 0.127. The first-order valence-corrected chi connectivity index (χ1v) is 6.89. The van der Waals surface area contributed by atoms with E-state index in [2.05, 4.69) is 22.5 Å². The van der Waals surface area contributed by atoms with Crippen LogP contribution in [0.5, 0.6) is 0 Å². The van der Waals surface area contributed by atoms with Crippen LogP contribution in [-0.2, 0) is 4.74 Å². The number of hydrogen-bond acceptors (Lipinski definition) is 3. The van der Waals surface area contributed by atoms with Gasteiger partial charge in [-0.25, -0.2) is 0 Å². The van der Waals surface area contributed by atoms with E-state index in [0.29, 0.717) is 0 Å². The lowest BCUT2D eigenvalue weighted by atomic mass is 9.84. The number of guanidine groups is 1. The molecule has 1 rings (SSSR count). The number of aliphatic hydroxyl groups excluding tert-OH is 1. The highest BCUT2D eigenvalue weighted by atomic mass is 16.5. The van der Waals surface area contributed by atoms with Crippen molar-refractivity contribution in [2.45, 2.75) is 32.6 Å². The van der Waals surface area contributed by atoms with E-state index in [1.165, 1.54) is 6.42 Å². The standard InChI is InChI=1S/C13H27N3O2/c1-3-4-7-15-12(14-2)16-10-13(5-8-17)6-9-18-11-13/h17H,3-11H2,1-2H3,(H2,14,15,16). The Kier molecular flexibility index (Phi) is 7.05. The van der Waals surface area contributed by atoms with E-state index < -0.39 is 0 Å². The van der Waals surface area contributed by atoms with E-state index in [1.807, 2.05) is 0 Å². The Bertz CT molecular complexity index is 251. The molecule has 1 saturated heterocycles. The Labute approximate surface area is 110 Å². The first-order chi connectivity index (χ1) is 8.76.